The fourth-order valence-corrected chi connectivity index (χ4v) is 3.56. The molecule has 2 N–H and O–H groups in total. The van der Waals surface area contributed by atoms with E-state index < -0.39 is 0 Å². The third-order valence-electron chi connectivity index (χ3n) is 2.96. The second-order valence-electron chi connectivity index (χ2n) is 4.37. The Bertz CT molecular complexity index is 721. The average molecular weight is 333 g/mol. The van der Waals surface area contributed by atoms with E-state index in [9.17, 15) is 0 Å². The van der Waals surface area contributed by atoms with Crippen LogP contribution in [0.5, 0.6) is 0 Å². The summed E-state index contributed by atoms with van der Waals surface area (Å²) in [5.74, 6) is 0. The average Bonchev–Trinajstić information content (AvgIpc) is 2.82. The van der Waals surface area contributed by atoms with Gasteiger partial charge in [-0.25, -0.2) is 4.98 Å². The van der Waals surface area contributed by atoms with Gasteiger partial charge in [0.05, 0.1) is 10.2 Å². The highest BCUT2D eigenvalue weighted by molar-refractivity contribution is 9.10. The van der Waals surface area contributed by atoms with Gasteiger partial charge in [-0.2, -0.15) is 0 Å². The Morgan fingerprint density at radius 3 is 2.89 bits per heavy atom. The van der Waals surface area contributed by atoms with Gasteiger partial charge in [0.2, 0.25) is 0 Å². The van der Waals surface area contributed by atoms with Crippen molar-refractivity contribution < 1.29 is 0 Å². The molecule has 19 heavy (non-hydrogen) atoms. The van der Waals surface area contributed by atoms with Crippen molar-refractivity contribution in [3.05, 3.63) is 52.5 Å². The van der Waals surface area contributed by atoms with E-state index in [1.165, 1.54) is 15.8 Å². The molecule has 4 heteroatoms. The zero-order chi connectivity index (χ0) is 13.2. The number of benzene rings is 2. The third-order valence-corrected chi connectivity index (χ3v) is 4.52. The topological polar surface area (TPSA) is 38.9 Å². The highest BCUT2D eigenvalue weighted by Crippen LogP contribution is 2.32. The Morgan fingerprint density at radius 2 is 2.05 bits per heavy atom. The number of hydrogen-bond acceptors (Lipinski definition) is 3. The fourth-order valence-electron chi connectivity index (χ4n) is 2.05. The molecule has 2 nitrogen and oxygen atoms in total. The first-order valence-corrected chi connectivity index (χ1v) is 7.73. The molecule has 0 unspecified atom stereocenters. The first kappa shape index (κ1) is 12.8. The first-order chi connectivity index (χ1) is 9.26. The van der Waals surface area contributed by atoms with Gasteiger partial charge in [-0.05, 0) is 42.8 Å². The summed E-state index contributed by atoms with van der Waals surface area (Å²) in [5.41, 5.74) is 9.09. The molecule has 0 aliphatic carbocycles. The maximum atomic E-state index is 5.61. The Morgan fingerprint density at radius 1 is 1.16 bits per heavy atom. The number of nitrogens with two attached hydrogens (primary N) is 1. The van der Waals surface area contributed by atoms with Gasteiger partial charge in [-0.3, -0.25) is 0 Å². The van der Waals surface area contributed by atoms with Gasteiger partial charge in [0.1, 0.15) is 5.01 Å². The molecular weight excluding hydrogens is 320 g/mol. The Labute approximate surface area is 124 Å². The highest BCUT2D eigenvalue weighted by atomic mass is 79.9. The van der Waals surface area contributed by atoms with Crippen LogP contribution in [0.2, 0.25) is 0 Å². The lowest BCUT2D eigenvalue weighted by molar-refractivity contribution is 0.969. The van der Waals surface area contributed by atoms with Gasteiger partial charge in [-0.15, -0.1) is 11.3 Å². The van der Waals surface area contributed by atoms with E-state index in [2.05, 4.69) is 46.3 Å². The molecule has 0 atom stereocenters. The van der Waals surface area contributed by atoms with E-state index in [0.717, 1.165) is 21.4 Å². The standard InChI is InChI=1S/C15H13BrN2S/c16-12-4-5-13-14(9-12)19-15(18-13)11-3-1-2-10(8-11)6-7-17/h1-5,8-9H,6-7,17H2. The summed E-state index contributed by atoms with van der Waals surface area (Å²) in [6.45, 7) is 0.677. The lowest BCUT2D eigenvalue weighted by Gasteiger charge is -2.01. The van der Waals surface area contributed by atoms with Crippen LogP contribution in [0.1, 0.15) is 5.56 Å². The van der Waals surface area contributed by atoms with Gasteiger partial charge in [0.25, 0.3) is 0 Å². The minimum atomic E-state index is 0.677. The van der Waals surface area contributed by atoms with Crippen LogP contribution in [0.25, 0.3) is 20.8 Å². The molecule has 0 bridgehead atoms. The minimum absolute atomic E-state index is 0.677. The first-order valence-electron chi connectivity index (χ1n) is 6.12. The lowest BCUT2D eigenvalue weighted by Crippen LogP contribution is -2.02. The normalized spacial score (nSPS) is 11.1. The van der Waals surface area contributed by atoms with Crippen LogP contribution in [0, 0.1) is 0 Å². The molecule has 0 saturated carbocycles. The molecule has 0 amide bonds. The number of aromatic nitrogens is 1. The molecule has 0 aliphatic rings. The van der Waals surface area contributed by atoms with E-state index in [1.54, 1.807) is 11.3 Å². The van der Waals surface area contributed by atoms with Crippen molar-refractivity contribution in [2.45, 2.75) is 6.42 Å². The third kappa shape index (κ3) is 2.71. The smallest absolute Gasteiger partial charge is 0.124 e. The predicted octanol–water partition coefficient (Wildman–Crippen LogP) is 4.23. The van der Waals surface area contributed by atoms with Crippen LogP contribution >= 0.6 is 27.3 Å². The summed E-state index contributed by atoms with van der Waals surface area (Å²) in [5, 5.41) is 1.06. The number of halogens is 1. The van der Waals surface area contributed by atoms with Crippen LogP contribution in [0.3, 0.4) is 0 Å². The van der Waals surface area contributed by atoms with Crippen molar-refractivity contribution >= 4 is 37.5 Å². The van der Waals surface area contributed by atoms with Gasteiger partial charge in [0, 0.05) is 10.0 Å². The monoisotopic (exact) mass is 332 g/mol. The molecule has 0 fully saturated rings. The molecule has 0 saturated heterocycles. The van der Waals surface area contributed by atoms with Gasteiger partial charge in [-0.1, -0.05) is 34.1 Å². The van der Waals surface area contributed by atoms with Crippen molar-refractivity contribution in [1.29, 1.82) is 0 Å². The van der Waals surface area contributed by atoms with Crippen molar-refractivity contribution in [1.82, 2.24) is 4.98 Å². The largest absolute Gasteiger partial charge is 0.330 e. The summed E-state index contributed by atoms with van der Waals surface area (Å²) in [4.78, 5) is 4.69. The van der Waals surface area contributed by atoms with Gasteiger partial charge in [0.15, 0.2) is 0 Å². The Kier molecular flexibility index (Phi) is 3.64. The van der Waals surface area contributed by atoms with Crippen molar-refractivity contribution in [3.8, 4) is 10.6 Å². The lowest BCUT2D eigenvalue weighted by atomic mass is 10.1. The molecule has 0 spiro atoms. The number of nitrogens with zero attached hydrogens (tertiary/aromatic N) is 1. The second-order valence-corrected chi connectivity index (χ2v) is 6.32. The molecule has 1 heterocycles. The molecule has 2 aromatic carbocycles. The van der Waals surface area contributed by atoms with Crippen LogP contribution in [0.15, 0.2) is 46.9 Å². The van der Waals surface area contributed by atoms with E-state index in [-0.39, 0.29) is 0 Å². The van der Waals surface area contributed by atoms with E-state index in [1.807, 2.05) is 12.1 Å². The van der Waals surface area contributed by atoms with Crippen molar-refractivity contribution in [3.63, 3.8) is 0 Å². The number of thiazole rings is 1. The van der Waals surface area contributed by atoms with E-state index >= 15 is 0 Å². The Balaban J connectivity index is 2.05. The maximum absolute atomic E-state index is 5.61. The summed E-state index contributed by atoms with van der Waals surface area (Å²) >= 11 is 5.21. The van der Waals surface area contributed by atoms with Crippen LogP contribution in [0.4, 0.5) is 0 Å². The summed E-state index contributed by atoms with van der Waals surface area (Å²) in [7, 11) is 0. The summed E-state index contributed by atoms with van der Waals surface area (Å²) in [6, 6.07) is 14.6. The second kappa shape index (κ2) is 5.41. The molecule has 3 rings (SSSR count). The molecule has 0 aliphatic heterocycles. The summed E-state index contributed by atoms with van der Waals surface area (Å²) < 4.78 is 2.29. The quantitative estimate of drug-likeness (QED) is 0.779. The van der Waals surface area contributed by atoms with Crippen LogP contribution in [-0.4, -0.2) is 11.5 Å². The van der Waals surface area contributed by atoms with E-state index in [0.29, 0.717) is 6.54 Å². The molecule has 0 radical (unpaired) electrons. The number of hydrogen-bond donors (Lipinski definition) is 1. The van der Waals surface area contributed by atoms with Crippen molar-refractivity contribution in [2.24, 2.45) is 5.73 Å². The zero-order valence-electron chi connectivity index (χ0n) is 10.3. The maximum Gasteiger partial charge on any atom is 0.124 e. The van der Waals surface area contributed by atoms with Gasteiger partial charge >= 0.3 is 0 Å². The van der Waals surface area contributed by atoms with E-state index in [4.69, 9.17) is 10.7 Å². The van der Waals surface area contributed by atoms with Gasteiger partial charge < -0.3 is 5.73 Å². The highest BCUT2D eigenvalue weighted by Gasteiger charge is 2.07. The number of fused-ring (bicyclic) bond motifs is 1. The molecular formula is C15H13BrN2S. The van der Waals surface area contributed by atoms with Crippen molar-refractivity contribution in [2.75, 3.05) is 6.54 Å². The predicted molar refractivity (Wildman–Crippen MR) is 85.5 cm³/mol. The van der Waals surface area contributed by atoms with Crippen LogP contribution in [-0.2, 0) is 6.42 Å². The Hall–Kier alpha value is -1.23. The molecule has 1 aromatic heterocycles. The fraction of sp³-hybridized carbons (Fsp3) is 0.133. The van der Waals surface area contributed by atoms with Crippen LogP contribution < -0.4 is 5.73 Å². The molecule has 3 aromatic rings. The zero-order valence-corrected chi connectivity index (χ0v) is 12.7. The SMILES string of the molecule is NCCc1cccc(-c2nc3ccc(Br)cc3s2)c1. The summed E-state index contributed by atoms with van der Waals surface area (Å²) in [6.07, 6.45) is 0.907. The number of rotatable bonds is 3. The minimum Gasteiger partial charge on any atom is -0.330 e. The molecule has 96 valence electrons.